The van der Waals surface area contributed by atoms with Crippen molar-refractivity contribution in [2.75, 3.05) is 0 Å². The molecule has 0 radical (unpaired) electrons. The fourth-order valence-electron chi connectivity index (χ4n) is 3.21. The van der Waals surface area contributed by atoms with Gasteiger partial charge in [0.2, 0.25) is 0 Å². The van der Waals surface area contributed by atoms with E-state index in [-0.39, 0.29) is 29.2 Å². The van der Waals surface area contributed by atoms with E-state index in [1.165, 1.54) is 6.07 Å². The molecule has 0 saturated heterocycles. The fourth-order valence-corrected chi connectivity index (χ4v) is 3.21. The highest BCUT2D eigenvalue weighted by Crippen LogP contribution is 2.35. The van der Waals surface area contributed by atoms with Crippen LogP contribution in [0, 0.1) is 0 Å². The maximum atomic E-state index is 14.0. The number of aliphatic hydroxyl groups is 1. The first-order chi connectivity index (χ1) is 11.3. The number of rotatable bonds is 5. The SMILES string of the molecule is CC(C)c1nc2cc(CN[C@@H]3CCC[C@@H]3O)cc(C(C)(F)F)c2o1. The van der Waals surface area contributed by atoms with E-state index in [1.54, 1.807) is 6.07 Å². The largest absolute Gasteiger partial charge is 0.440 e. The monoisotopic (exact) mass is 338 g/mol. The van der Waals surface area contributed by atoms with E-state index in [4.69, 9.17) is 4.42 Å². The molecule has 2 aromatic rings. The average molecular weight is 338 g/mol. The molecule has 1 heterocycles. The van der Waals surface area contributed by atoms with Crippen molar-refractivity contribution in [2.45, 2.75) is 70.6 Å². The van der Waals surface area contributed by atoms with Gasteiger partial charge in [0.05, 0.1) is 11.7 Å². The van der Waals surface area contributed by atoms with Crippen molar-refractivity contribution in [2.24, 2.45) is 0 Å². The molecule has 24 heavy (non-hydrogen) atoms. The number of nitrogens with one attached hydrogen (secondary N) is 1. The highest BCUT2D eigenvalue weighted by molar-refractivity contribution is 5.78. The van der Waals surface area contributed by atoms with Gasteiger partial charge in [0.25, 0.3) is 5.92 Å². The van der Waals surface area contributed by atoms with Crippen molar-refractivity contribution in [3.8, 4) is 0 Å². The Morgan fingerprint density at radius 2 is 2.12 bits per heavy atom. The highest BCUT2D eigenvalue weighted by Gasteiger charge is 2.31. The summed E-state index contributed by atoms with van der Waals surface area (Å²) in [6.45, 7) is 5.12. The molecular weight excluding hydrogens is 314 g/mol. The molecule has 0 spiro atoms. The standard InChI is InChI=1S/C18H24F2N2O2/c1-10(2)17-22-14-8-11(9-21-13-5-4-6-15(13)23)7-12(16(14)24-17)18(3,19)20/h7-8,10,13,15,21,23H,4-6,9H2,1-3H3/t13-,15+/m1/s1. The van der Waals surface area contributed by atoms with Crippen molar-refractivity contribution < 1.29 is 18.3 Å². The first-order valence-electron chi connectivity index (χ1n) is 8.49. The van der Waals surface area contributed by atoms with E-state index in [2.05, 4.69) is 10.3 Å². The Balaban J connectivity index is 1.93. The topological polar surface area (TPSA) is 58.3 Å². The van der Waals surface area contributed by atoms with Gasteiger partial charge in [-0.05, 0) is 37.0 Å². The number of oxazole rings is 1. The molecule has 1 fully saturated rings. The first-order valence-corrected chi connectivity index (χ1v) is 8.49. The Labute approximate surface area is 140 Å². The van der Waals surface area contributed by atoms with Gasteiger partial charge in [-0.2, -0.15) is 0 Å². The Morgan fingerprint density at radius 3 is 2.71 bits per heavy atom. The lowest BCUT2D eigenvalue weighted by molar-refractivity contribution is 0.0180. The van der Waals surface area contributed by atoms with Gasteiger partial charge in [0, 0.05) is 25.4 Å². The maximum absolute atomic E-state index is 14.0. The van der Waals surface area contributed by atoms with Crippen LogP contribution in [0.15, 0.2) is 16.5 Å². The van der Waals surface area contributed by atoms with Crippen LogP contribution in [0.2, 0.25) is 0 Å². The second-order valence-electron chi connectivity index (χ2n) is 7.07. The molecule has 132 valence electrons. The number of hydrogen-bond acceptors (Lipinski definition) is 4. The first kappa shape index (κ1) is 17.3. The molecule has 1 saturated carbocycles. The summed E-state index contributed by atoms with van der Waals surface area (Å²) in [5, 5.41) is 13.1. The number of fused-ring (bicyclic) bond motifs is 1. The van der Waals surface area contributed by atoms with Crippen LogP contribution in [0.25, 0.3) is 11.1 Å². The molecule has 0 aliphatic heterocycles. The molecule has 1 aliphatic rings. The van der Waals surface area contributed by atoms with E-state index in [0.717, 1.165) is 31.7 Å². The van der Waals surface area contributed by atoms with Gasteiger partial charge >= 0.3 is 0 Å². The molecule has 3 rings (SSSR count). The molecule has 2 N–H and O–H groups in total. The van der Waals surface area contributed by atoms with Crippen LogP contribution in [-0.4, -0.2) is 22.2 Å². The number of aliphatic hydroxyl groups excluding tert-OH is 1. The molecule has 4 nitrogen and oxygen atoms in total. The zero-order valence-corrected chi connectivity index (χ0v) is 14.3. The zero-order valence-electron chi connectivity index (χ0n) is 14.3. The number of halogens is 2. The summed E-state index contributed by atoms with van der Waals surface area (Å²) in [4.78, 5) is 4.36. The average Bonchev–Trinajstić information content (AvgIpc) is 3.09. The normalized spacial score (nSPS) is 22.0. The van der Waals surface area contributed by atoms with Crippen LogP contribution < -0.4 is 5.32 Å². The summed E-state index contributed by atoms with van der Waals surface area (Å²) >= 11 is 0. The van der Waals surface area contributed by atoms with Crippen LogP contribution in [-0.2, 0) is 12.5 Å². The highest BCUT2D eigenvalue weighted by atomic mass is 19.3. The van der Waals surface area contributed by atoms with E-state index < -0.39 is 5.92 Å². The predicted molar refractivity (Wildman–Crippen MR) is 88.2 cm³/mol. The molecular formula is C18H24F2N2O2. The summed E-state index contributed by atoms with van der Waals surface area (Å²) < 4.78 is 33.6. The second kappa shape index (κ2) is 6.41. The number of hydrogen-bond donors (Lipinski definition) is 2. The Morgan fingerprint density at radius 1 is 1.38 bits per heavy atom. The summed E-state index contributed by atoms with van der Waals surface area (Å²) in [5.74, 6) is -2.51. The quantitative estimate of drug-likeness (QED) is 0.863. The third kappa shape index (κ3) is 3.44. The molecule has 0 unspecified atom stereocenters. The maximum Gasteiger partial charge on any atom is 0.274 e. The molecule has 1 aromatic carbocycles. The Hall–Kier alpha value is -1.53. The van der Waals surface area contributed by atoms with Crippen molar-refractivity contribution in [3.63, 3.8) is 0 Å². The van der Waals surface area contributed by atoms with Gasteiger partial charge in [0.1, 0.15) is 5.52 Å². The van der Waals surface area contributed by atoms with Crippen LogP contribution in [0.4, 0.5) is 8.78 Å². The smallest absolute Gasteiger partial charge is 0.274 e. The van der Waals surface area contributed by atoms with Gasteiger partial charge in [-0.15, -0.1) is 0 Å². The summed E-state index contributed by atoms with van der Waals surface area (Å²) in [5.41, 5.74) is 1.21. The van der Waals surface area contributed by atoms with Crippen LogP contribution in [0.5, 0.6) is 0 Å². The molecule has 0 amide bonds. The third-order valence-corrected chi connectivity index (χ3v) is 4.58. The lowest BCUT2D eigenvalue weighted by atomic mass is 10.0. The predicted octanol–water partition coefficient (Wildman–Crippen LogP) is 4.07. The minimum absolute atomic E-state index is 0.0230. The van der Waals surface area contributed by atoms with Gasteiger partial charge in [0.15, 0.2) is 11.5 Å². The van der Waals surface area contributed by atoms with Gasteiger partial charge in [-0.3, -0.25) is 0 Å². The molecule has 1 aromatic heterocycles. The van der Waals surface area contributed by atoms with E-state index >= 15 is 0 Å². The van der Waals surface area contributed by atoms with Gasteiger partial charge < -0.3 is 14.8 Å². The summed E-state index contributed by atoms with van der Waals surface area (Å²) in [6, 6.07) is 3.29. The van der Waals surface area contributed by atoms with Gasteiger partial charge in [-0.25, -0.2) is 13.8 Å². The Bertz CT molecular complexity index is 722. The lowest BCUT2D eigenvalue weighted by Crippen LogP contribution is -2.35. The molecule has 6 heteroatoms. The minimum Gasteiger partial charge on any atom is -0.440 e. The zero-order chi connectivity index (χ0) is 17.5. The van der Waals surface area contributed by atoms with Crippen molar-refractivity contribution in [3.05, 3.63) is 29.2 Å². The lowest BCUT2D eigenvalue weighted by Gasteiger charge is -2.17. The number of aromatic nitrogens is 1. The molecule has 2 atom stereocenters. The fraction of sp³-hybridized carbons (Fsp3) is 0.611. The van der Waals surface area contributed by atoms with Crippen molar-refractivity contribution in [1.82, 2.24) is 10.3 Å². The van der Waals surface area contributed by atoms with Crippen LogP contribution in [0.3, 0.4) is 0 Å². The van der Waals surface area contributed by atoms with Crippen molar-refractivity contribution in [1.29, 1.82) is 0 Å². The second-order valence-corrected chi connectivity index (χ2v) is 7.07. The minimum atomic E-state index is -3.01. The molecule has 0 bridgehead atoms. The van der Waals surface area contributed by atoms with Crippen LogP contribution >= 0.6 is 0 Å². The Kier molecular flexibility index (Phi) is 4.62. The van der Waals surface area contributed by atoms with Crippen LogP contribution in [0.1, 0.15) is 63.0 Å². The van der Waals surface area contributed by atoms with E-state index in [0.29, 0.717) is 18.0 Å². The summed E-state index contributed by atoms with van der Waals surface area (Å²) in [7, 11) is 0. The number of benzene rings is 1. The van der Waals surface area contributed by atoms with E-state index in [9.17, 15) is 13.9 Å². The number of alkyl halides is 2. The number of nitrogens with zero attached hydrogens (tertiary/aromatic N) is 1. The summed E-state index contributed by atoms with van der Waals surface area (Å²) in [6.07, 6.45) is 2.31. The van der Waals surface area contributed by atoms with Crippen molar-refractivity contribution >= 4 is 11.1 Å². The van der Waals surface area contributed by atoms with Gasteiger partial charge in [-0.1, -0.05) is 13.8 Å². The molecule has 1 aliphatic carbocycles. The van der Waals surface area contributed by atoms with E-state index in [1.807, 2.05) is 13.8 Å². The third-order valence-electron chi connectivity index (χ3n) is 4.58.